The van der Waals surface area contributed by atoms with E-state index in [1.54, 1.807) is 0 Å². The third kappa shape index (κ3) is 5.23. The second kappa shape index (κ2) is 6.48. The number of halogens is 1. The summed E-state index contributed by atoms with van der Waals surface area (Å²) in [6.07, 6.45) is 1.55. The van der Waals surface area contributed by atoms with E-state index in [-0.39, 0.29) is 22.9 Å². The lowest BCUT2D eigenvalue weighted by Gasteiger charge is -2.08. The highest BCUT2D eigenvalue weighted by molar-refractivity contribution is 7.89. The lowest BCUT2D eigenvalue weighted by atomic mass is 10.2. The maximum atomic E-state index is 13.6. The standard InChI is InChI=1S/C11H16FN3O3S/c12-9-7-8(19(14,17)18)4-5-10(9)15-6-2-1-3-11(13)16/h4-5,7,15H,1-3,6H2,(H2,13,16)(H2,14,17,18). The highest BCUT2D eigenvalue weighted by atomic mass is 32.2. The fourth-order valence-corrected chi connectivity index (χ4v) is 1.99. The van der Waals surface area contributed by atoms with Gasteiger partial charge in [0.15, 0.2) is 0 Å². The van der Waals surface area contributed by atoms with Crippen LogP contribution < -0.4 is 16.2 Å². The molecule has 0 saturated carbocycles. The van der Waals surface area contributed by atoms with Gasteiger partial charge in [0, 0.05) is 13.0 Å². The number of primary amides is 1. The van der Waals surface area contributed by atoms with Crippen molar-refractivity contribution in [1.82, 2.24) is 0 Å². The minimum Gasteiger partial charge on any atom is -0.383 e. The Morgan fingerprint density at radius 2 is 2.00 bits per heavy atom. The van der Waals surface area contributed by atoms with Gasteiger partial charge in [0.05, 0.1) is 10.6 Å². The number of unbranched alkanes of at least 4 members (excludes halogenated alkanes) is 1. The van der Waals surface area contributed by atoms with Gasteiger partial charge < -0.3 is 11.1 Å². The second-order valence-electron chi connectivity index (χ2n) is 4.04. The monoisotopic (exact) mass is 289 g/mol. The third-order valence-corrected chi connectivity index (χ3v) is 3.35. The number of rotatable bonds is 7. The van der Waals surface area contributed by atoms with E-state index in [9.17, 15) is 17.6 Å². The molecule has 0 heterocycles. The summed E-state index contributed by atoms with van der Waals surface area (Å²) in [5.74, 6) is -1.06. The minimum atomic E-state index is -3.90. The minimum absolute atomic E-state index is 0.187. The van der Waals surface area contributed by atoms with Crippen LogP contribution in [0.15, 0.2) is 23.1 Å². The SMILES string of the molecule is NC(=O)CCCCNc1ccc(S(N)(=O)=O)cc1F. The average molecular weight is 289 g/mol. The summed E-state index contributed by atoms with van der Waals surface area (Å²) in [7, 11) is -3.90. The summed E-state index contributed by atoms with van der Waals surface area (Å²) >= 11 is 0. The molecule has 0 radical (unpaired) electrons. The summed E-state index contributed by atoms with van der Waals surface area (Å²) in [4.78, 5) is 10.2. The number of hydrogen-bond acceptors (Lipinski definition) is 4. The molecule has 1 rings (SSSR count). The van der Waals surface area contributed by atoms with Gasteiger partial charge in [-0.25, -0.2) is 17.9 Å². The summed E-state index contributed by atoms with van der Waals surface area (Å²) < 4.78 is 35.6. The number of sulfonamides is 1. The molecular weight excluding hydrogens is 273 g/mol. The molecule has 106 valence electrons. The van der Waals surface area contributed by atoms with E-state index in [1.807, 2.05) is 0 Å². The number of nitrogens with two attached hydrogens (primary N) is 2. The molecule has 1 aromatic rings. The Hall–Kier alpha value is -1.67. The van der Waals surface area contributed by atoms with Crippen molar-refractivity contribution in [3.05, 3.63) is 24.0 Å². The zero-order chi connectivity index (χ0) is 14.5. The summed E-state index contributed by atoms with van der Waals surface area (Å²) in [5, 5.41) is 7.69. The molecule has 0 spiro atoms. The lowest BCUT2D eigenvalue weighted by Crippen LogP contribution is -2.13. The van der Waals surface area contributed by atoms with Gasteiger partial charge in [0.1, 0.15) is 5.82 Å². The van der Waals surface area contributed by atoms with Gasteiger partial charge in [-0.3, -0.25) is 4.79 Å². The van der Waals surface area contributed by atoms with E-state index in [2.05, 4.69) is 5.32 Å². The van der Waals surface area contributed by atoms with E-state index in [4.69, 9.17) is 10.9 Å². The molecule has 0 aliphatic rings. The Bertz CT molecular complexity index is 560. The predicted octanol–water partition coefficient (Wildman–Crippen LogP) is 0.541. The first-order valence-corrected chi connectivity index (χ1v) is 7.20. The van der Waals surface area contributed by atoms with Crippen molar-refractivity contribution >= 4 is 21.6 Å². The highest BCUT2D eigenvalue weighted by Gasteiger charge is 2.11. The molecule has 6 nitrogen and oxygen atoms in total. The maximum Gasteiger partial charge on any atom is 0.238 e. The zero-order valence-electron chi connectivity index (χ0n) is 10.2. The molecule has 0 bridgehead atoms. The van der Waals surface area contributed by atoms with Gasteiger partial charge in [-0.1, -0.05) is 0 Å². The second-order valence-corrected chi connectivity index (χ2v) is 5.60. The predicted molar refractivity (Wildman–Crippen MR) is 69.3 cm³/mol. The van der Waals surface area contributed by atoms with E-state index >= 15 is 0 Å². The molecule has 19 heavy (non-hydrogen) atoms. The number of primary sulfonamides is 1. The van der Waals surface area contributed by atoms with Crippen LogP contribution in [0, 0.1) is 5.82 Å². The Labute approximate surface area is 111 Å². The number of amides is 1. The molecule has 0 atom stereocenters. The van der Waals surface area contributed by atoms with E-state index in [0.717, 1.165) is 6.07 Å². The molecule has 0 aliphatic carbocycles. The zero-order valence-corrected chi connectivity index (χ0v) is 11.0. The van der Waals surface area contributed by atoms with Gasteiger partial charge in [-0.05, 0) is 31.0 Å². The number of nitrogens with one attached hydrogen (secondary N) is 1. The summed E-state index contributed by atoms with van der Waals surface area (Å²) in [6, 6.07) is 3.40. The van der Waals surface area contributed by atoms with Crippen LogP contribution in [-0.2, 0) is 14.8 Å². The molecule has 5 N–H and O–H groups in total. The fraction of sp³-hybridized carbons (Fsp3) is 0.364. The molecule has 8 heteroatoms. The fourth-order valence-electron chi connectivity index (χ4n) is 1.46. The quantitative estimate of drug-likeness (QED) is 0.635. The molecule has 0 aliphatic heterocycles. The van der Waals surface area contributed by atoms with Crippen LogP contribution in [0.3, 0.4) is 0 Å². The molecule has 0 fully saturated rings. The van der Waals surface area contributed by atoms with Crippen molar-refractivity contribution < 1.29 is 17.6 Å². The smallest absolute Gasteiger partial charge is 0.238 e. The highest BCUT2D eigenvalue weighted by Crippen LogP contribution is 2.18. The molecule has 1 amide bonds. The van der Waals surface area contributed by atoms with Gasteiger partial charge in [0.25, 0.3) is 0 Å². The Balaban J connectivity index is 2.54. The Morgan fingerprint density at radius 1 is 1.32 bits per heavy atom. The molecule has 0 aromatic heterocycles. The van der Waals surface area contributed by atoms with Crippen LogP contribution in [0.1, 0.15) is 19.3 Å². The normalized spacial score (nSPS) is 11.3. The van der Waals surface area contributed by atoms with Gasteiger partial charge >= 0.3 is 0 Å². The van der Waals surface area contributed by atoms with Crippen molar-refractivity contribution in [2.75, 3.05) is 11.9 Å². The van der Waals surface area contributed by atoms with E-state index in [0.29, 0.717) is 19.4 Å². The largest absolute Gasteiger partial charge is 0.383 e. The van der Waals surface area contributed by atoms with Crippen LogP contribution >= 0.6 is 0 Å². The van der Waals surface area contributed by atoms with Crippen LogP contribution in [0.5, 0.6) is 0 Å². The van der Waals surface area contributed by atoms with E-state index in [1.165, 1.54) is 12.1 Å². The molecule has 1 aromatic carbocycles. The number of anilines is 1. The van der Waals surface area contributed by atoms with Crippen LogP contribution in [-0.4, -0.2) is 20.9 Å². The van der Waals surface area contributed by atoms with Gasteiger partial charge in [0.2, 0.25) is 15.9 Å². The summed E-state index contributed by atoms with van der Waals surface area (Å²) in [5.41, 5.74) is 5.17. The first-order chi connectivity index (χ1) is 8.80. The number of hydrogen-bond donors (Lipinski definition) is 3. The van der Waals surface area contributed by atoms with Crippen LogP contribution in [0.25, 0.3) is 0 Å². The molecule has 0 saturated heterocycles. The average Bonchev–Trinajstić information content (AvgIpc) is 2.28. The molecule has 0 unspecified atom stereocenters. The first-order valence-electron chi connectivity index (χ1n) is 5.65. The number of carbonyl (C=O) groups is 1. The van der Waals surface area contributed by atoms with Crippen molar-refractivity contribution in [1.29, 1.82) is 0 Å². The lowest BCUT2D eigenvalue weighted by molar-refractivity contribution is -0.118. The third-order valence-electron chi connectivity index (χ3n) is 2.43. The van der Waals surface area contributed by atoms with Gasteiger partial charge in [-0.15, -0.1) is 0 Å². The first kappa shape index (κ1) is 15.4. The Kier molecular flexibility index (Phi) is 5.25. The molecular formula is C11H16FN3O3S. The number of benzene rings is 1. The summed E-state index contributed by atoms with van der Waals surface area (Å²) in [6.45, 7) is 0.457. The van der Waals surface area contributed by atoms with Crippen molar-refractivity contribution in [3.63, 3.8) is 0 Å². The van der Waals surface area contributed by atoms with Gasteiger partial charge in [-0.2, -0.15) is 0 Å². The topological polar surface area (TPSA) is 115 Å². The van der Waals surface area contributed by atoms with Crippen molar-refractivity contribution in [2.24, 2.45) is 10.9 Å². The maximum absolute atomic E-state index is 13.6. The van der Waals surface area contributed by atoms with E-state index < -0.39 is 15.8 Å². The van der Waals surface area contributed by atoms with Crippen LogP contribution in [0.2, 0.25) is 0 Å². The number of carbonyl (C=O) groups excluding carboxylic acids is 1. The van der Waals surface area contributed by atoms with Crippen molar-refractivity contribution in [3.8, 4) is 0 Å². The van der Waals surface area contributed by atoms with Crippen LogP contribution in [0.4, 0.5) is 10.1 Å². The van der Waals surface area contributed by atoms with Crippen molar-refractivity contribution in [2.45, 2.75) is 24.2 Å². The Morgan fingerprint density at radius 3 is 2.53 bits per heavy atom.